The number of hydrogen-bond donors (Lipinski definition) is 1. The molecule has 0 aliphatic carbocycles. The van der Waals surface area contributed by atoms with Gasteiger partial charge in [0, 0.05) is 10.7 Å². The van der Waals surface area contributed by atoms with Crippen molar-refractivity contribution < 1.29 is 5.11 Å². The fourth-order valence-electron chi connectivity index (χ4n) is 0.940. The van der Waals surface area contributed by atoms with E-state index in [0.717, 1.165) is 4.47 Å². The molecule has 1 rings (SSSR count). The van der Waals surface area contributed by atoms with E-state index in [9.17, 15) is 5.11 Å². The molecule has 0 aliphatic rings. The molecule has 0 bridgehead atoms. The molecule has 0 aromatic carbocycles. The molecule has 2 nitrogen and oxygen atoms in total. The van der Waals surface area contributed by atoms with Crippen LogP contribution < -0.4 is 0 Å². The predicted molar refractivity (Wildman–Crippen MR) is 56.7 cm³/mol. The SMILES string of the molecule is C=CCC(O)c1ncc(Br)cc1Cl. The van der Waals surface area contributed by atoms with Crippen LogP contribution in [0.25, 0.3) is 0 Å². The zero-order valence-electron chi connectivity index (χ0n) is 6.87. The molecule has 0 spiro atoms. The Balaban J connectivity index is 2.94. The highest BCUT2D eigenvalue weighted by molar-refractivity contribution is 9.10. The first-order valence-corrected chi connectivity index (χ1v) is 4.92. The number of aromatic nitrogens is 1. The quantitative estimate of drug-likeness (QED) is 0.849. The molecule has 0 saturated carbocycles. The van der Waals surface area contributed by atoms with Crippen molar-refractivity contribution in [3.05, 3.63) is 40.1 Å². The third kappa shape index (κ3) is 2.79. The van der Waals surface area contributed by atoms with Gasteiger partial charge in [-0.2, -0.15) is 0 Å². The summed E-state index contributed by atoms with van der Waals surface area (Å²) in [5, 5.41) is 10.0. The summed E-state index contributed by atoms with van der Waals surface area (Å²) >= 11 is 9.11. The minimum absolute atomic E-state index is 0.453. The van der Waals surface area contributed by atoms with Crippen LogP contribution in [0.15, 0.2) is 29.4 Å². The van der Waals surface area contributed by atoms with Crippen LogP contribution in [0.3, 0.4) is 0 Å². The minimum atomic E-state index is -0.668. The first kappa shape index (κ1) is 10.7. The molecule has 4 heteroatoms. The third-order valence-corrected chi connectivity index (χ3v) is 2.28. The summed E-state index contributed by atoms with van der Waals surface area (Å²) < 4.78 is 0.798. The van der Waals surface area contributed by atoms with Crippen molar-refractivity contribution in [3.63, 3.8) is 0 Å². The molecular weight excluding hydrogens is 253 g/mol. The van der Waals surface area contributed by atoms with Crippen LogP contribution in [0.2, 0.25) is 5.02 Å². The van der Waals surface area contributed by atoms with Gasteiger partial charge in [-0.25, -0.2) is 0 Å². The second-order valence-corrected chi connectivity index (χ2v) is 3.88. The molecule has 0 aliphatic heterocycles. The number of halogens is 2. The first-order chi connectivity index (χ1) is 6.15. The van der Waals surface area contributed by atoms with Gasteiger partial charge in [0.05, 0.1) is 10.7 Å². The van der Waals surface area contributed by atoms with Crippen molar-refractivity contribution in [2.24, 2.45) is 0 Å². The van der Waals surface area contributed by atoms with Gasteiger partial charge in [0.1, 0.15) is 6.10 Å². The number of hydrogen-bond acceptors (Lipinski definition) is 2. The van der Waals surface area contributed by atoms with Gasteiger partial charge in [-0.05, 0) is 28.4 Å². The molecule has 1 unspecified atom stereocenters. The number of nitrogens with zero attached hydrogens (tertiary/aromatic N) is 1. The highest BCUT2D eigenvalue weighted by atomic mass is 79.9. The second kappa shape index (κ2) is 4.74. The first-order valence-electron chi connectivity index (χ1n) is 3.75. The number of aliphatic hydroxyl groups excluding tert-OH is 1. The van der Waals surface area contributed by atoms with Crippen LogP contribution in [-0.2, 0) is 0 Å². The number of pyridine rings is 1. The van der Waals surface area contributed by atoms with Crippen molar-refractivity contribution in [1.29, 1.82) is 0 Å². The Morgan fingerprint density at radius 2 is 2.46 bits per heavy atom. The summed E-state index contributed by atoms with van der Waals surface area (Å²) in [6.07, 6.45) is 3.02. The van der Waals surface area contributed by atoms with E-state index >= 15 is 0 Å². The summed E-state index contributed by atoms with van der Waals surface area (Å²) in [6.45, 7) is 3.53. The zero-order valence-corrected chi connectivity index (χ0v) is 9.22. The second-order valence-electron chi connectivity index (χ2n) is 2.56. The van der Waals surface area contributed by atoms with Gasteiger partial charge < -0.3 is 5.11 Å². The summed E-state index contributed by atoms with van der Waals surface area (Å²) in [6, 6.07) is 1.70. The van der Waals surface area contributed by atoms with Crippen molar-refractivity contribution in [3.8, 4) is 0 Å². The molecule has 0 amide bonds. The molecule has 1 atom stereocenters. The molecule has 70 valence electrons. The lowest BCUT2D eigenvalue weighted by atomic mass is 10.2. The topological polar surface area (TPSA) is 33.1 Å². The van der Waals surface area contributed by atoms with Crippen LogP contribution in [0.1, 0.15) is 18.2 Å². The molecule has 1 aromatic heterocycles. The maximum absolute atomic E-state index is 9.56. The standard InChI is InChI=1S/C9H9BrClNO/c1-2-3-8(13)9-7(11)4-6(10)5-12-9/h2,4-5,8,13H,1,3H2. The van der Waals surface area contributed by atoms with Crippen LogP contribution in [0.5, 0.6) is 0 Å². The minimum Gasteiger partial charge on any atom is -0.386 e. The van der Waals surface area contributed by atoms with E-state index in [1.54, 1.807) is 18.3 Å². The van der Waals surface area contributed by atoms with Gasteiger partial charge in [-0.3, -0.25) is 4.98 Å². The molecule has 0 fully saturated rings. The van der Waals surface area contributed by atoms with E-state index in [2.05, 4.69) is 27.5 Å². The molecule has 0 radical (unpaired) electrons. The van der Waals surface area contributed by atoms with E-state index in [0.29, 0.717) is 17.1 Å². The number of rotatable bonds is 3. The Hall–Kier alpha value is -0.380. The van der Waals surface area contributed by atoms with Gasteiger partial charge in [-0.1, -0.05) is 17.7 Å². The molecular formula is C9H9BrClNO. The van der Waals surface area contributed by atoms with Crippen molar-refractivity contribution in [2.75, 3.05) is 0 Å². The summed E-state index contributed by atoms with van der Waals surface area (Å²) in [7, 11) is 0. The van der Waals surface area contributed by atoms with Crippen molar-refractivity contribution >= 4 is 27.5 Å². The van der Waals surface area contributed by atoms with Gasteiger partial charge in [0.2, 0.25) is 0 Å². The lowest BCUT2D eigenvalue weighted by Crippen LogP contribution is -1.99. The van der Waals surface area contributed by atoms with Crippen molar-refractivity contribution in [2.45, 2.75) is 12.5 Å². The third-order valence-electron chi connectivity index (χ3n) is 1.54. The normalized spacial score (nSPS) is 12.5. The monoisotopic (exact) mass is 261 g/mol. The van der Waals surface area contributed by atoms with Crippen LogP contribution >= 0.6 is 27.5 Å². The van der Waals surface area contributed by atoms with Crippen LogP contribution in [0, 0.1) is 0 Å². The van der Waals surface area contributed by atoms with Gasteiger partial charge in [-0.15, -0.1) is 6.58 Å². The molecule has 0 saturated heterocycles. The van der Waals surface area contributed by atoms with E-state index in [4.69, 9.17) is 11.6 Å². The van der Waals surface area contributed by atoms with E-state index in [1.165, 1.54) is 0 Å². The summed E-state index contributed by atoms with van der Waals surface area (Å²) in [5.74, 6) is 0. The van der Waals surface area contributed by atoms with Gasteiger partial charge >= 0.3 is 0 Å². The van der Waals surface area contributed by atoms with Crippen LogP contribution in [0.4, 0.5) is 0 Å². The van der Waals surface area contributed by atoms with E-state index < -0.39 is 6.10 Å². The zero-order chi connectivity index (χ0) is 9.84. The molecule has 1 N–H and O–H groups in total. The Morgan fingerprint density at radius 1 is 1.77 bits per heavy atom. The molecule has 13 heavy (non-hydrogen) atoms. The van der Waals surface area contributed by atoms with Gasteiger partial charge in [0.15, 0.2) is 0 Å². The molecule has 1 heterocycles. The Morgan fingerprint density at radius 3 is 3.00 bits per heavy atom. The fraction of sp³-hybridized carbons (Fsp3) is 0.222. The smallest absolute Gasteiger partial charge is 0.101 e. The Bertz CT molecular complexity index is 316. The Kier molecular flexibility index (Phi) is 3.90. The van der Waals surface area contributed by atoms with Gasteiger partial charge in [0.25, 0.3) is 0 Å². The lowest BCUT2D eigenvalue weighted by Gasteiger charge is -2.08. The highest BCUT2D eigenvalue weighted by Gasteiger charge is 2.11. The average molecular weight is 263 g/mol. The largest absolute Gasteiger partial charge is 0.386 e. The molecule has 1 aromatic rings. The predicted octanol–water partition coefficient (Wildman–Crippen LogP) is 3.11. The summed E-state index contributed by atoms with van der Waals surface area (Å²) in [4.78, 5) is 4.02. The van der Waals surface area contributed by atoms with Crippen LogP contribution in [-0.4, -0.2) is 10.1 Å². The fourth-order valence-corrected chi connectivity index (χ4v) is 1.70. The van der Waals surface area contributed by atoms with E-state index in [-0.39, 0.29) is 0 Å². The maximum Gasteiger partial charge on any atom is 0.101 e. The van der Waals surface area contributed by atoms with E-state index in [1.807, 2.05) is 0 Å². The summed E-state index contributed by atoms with van der Waals surface area (Å²) in [5.41, 5.74) is 0.491. The average Bonchev–Trinajstić information content (AvgIpc) is 2.04. The van der Waals surface area contributed by atoms with Crippen molar-refractivity contribution in [1.82, 2.24) is 4.98 Å². The number of aliphatic hydroxyl groups is 1. The maximum atomic E-state index is 9.56. The lowest BCUT2D eigenvalue weighted by molar-refractivity contribution is 0.177. The highest BCUT2D eigenvalue weighted by Crippen LogP contribution is 2.25. The Labute approximate surface area is 90.4 Å².